The molecule has 0 amide bonds. The zero-order valence-corrected chi connectivity index (χ0v) is 42.8. The summed E-state index contributed by atoms with van der Waals surface area (Å²) in [5.74, 6) is -4.09. The highest BCUT2D eigenvalue weighted by atomic mass is 32.2. The molecule has 0 unspecified atom stereocenters. The number of carbonyl (C=O) groups excluding carboxylic acids is 5. The fraction of sp³-hybridized carbons (Fsp3) is 0.0339. The maximum atomic E-state index is 14.2. The summed E-state index contributed by atoms with van der Waals surface area (Å²) in [5, 5.41) is 44.3. The maximum absolute atomic E-state index is 14.2. The number of carbonyl (C=O) groups is 5. The summed E-state index contributed by atoms with van der Waals surface area (Å²) < 4.78 is 73.3. The van der Waals surface area contributed by atoms with E-state index in [1.807, 2.05) is 0 Å². The number of nitrogens with zero attached hydrogens (tertiary/aromatic N) is 4. The van der Waals surface area contributed by atoms with Crippen LogP contribution in [0.2, 0.25) is 0 Å². The average Bonchev–Trinajstić information content (AvgIpc) is 3.86. The van der Waals surface area contributed by atoms with E-state index in [-0.39, 0.29) is 74.8 Å². The van der Waals surface area contributed by atoms with Crippen LogP contribution in [0.15, 0.2) is 199 Å². The second-order valence-electron chi connectivity index (χ2n) is 18.4. The Morgan fingerprint density at radius 2 is 0.738 bits per heavy atom. The normalized spacial score (nSPS) is 15.2. The molecule has 3 aliphatic carbocycles. The lowest BCUT2D eigenvalue weighted by Gasteiger charge is -2.23. The highest BCUT2D eigenvalue weighted by Crippen LogP contribution is 2.46. The van der Waals surface area contributed by atoms with Crippen molar-refractivity contribution >= 4 is 107 Å². The Morgan fingerprint density at radius 3 is 1.09 bits per heavy atom. The van der Waals surface area contributed by atoms with Gasteiger partial charge in [-0.15, -0.1) is 20.5 Å². The van der Waals surface area contributed by atoms with Crippen LogP contribution in [0.3, 0.4) is 0 Å². The second-order valence-corrected chi connectivity index (χ2v) is 21.2. The van der Waals surface area contributed by atoms with E-state index in [4.69, 9.17) is 0 Å². The molecule has 0 radical (unpaired) electrons. The third-order valence-electron chi connectivity index (χ3n) is 13.4. The molecule has 0 bridgehead atoms. The summed E-state index contributed by atoms with van der Waals surface area (Å²) in [6, 6.07) is 38.7. The standard InChI is InChI=1S/C59H38N6O13S2/c66-45-23-19-31(27-41(45)62-64-53-47(79(73,74)75)29-43(60-35-11-3-1-4-12-35)49-51(53)58(71)39-17-9-7-15-37(39)56(49)69)25-33-21-22-34(55(33)68)26-32-20-24-46(67)42(28-32)63-65-54-48(80(76,77)78)30-44(61-36-13-5-2-6-14-36)50-52(54)59(72)40-18-10-8-16-38(40)57(50)70/h1-20,23-30,60-61,66-67H,21-22H2,(H,73,74,75)(H,76,77,78)/b33-25+,34-26+,64-62?,65-63?. The van der Waals surface area contributed by atoms with Gasteiger partial charge in [0.25, 0.3) is 20.2 Å². The van der Waals surface area contributed by atoms with Crippen molar-refractivity contribution in [3.63, 3.8) is 0 Å². The van der Waals surface area contributed by atoms with E-state index in [2.05, 4.69) is 31.1 Å². The minimum absolute atomic E-state index is 0.0445. The Bertz CT molecular complexity index is 4140. The van der Waals surface area contributed by atoms with E-state index >= 15 is 0 Å². The van der Waals surface area contributed by atoms with Gasteiger partial charge >= 0.3 is 0 Å². The number of fused-ring (bicyclic) bond motifs is 4. The van der Waals surface area contributed by atoms with Gasteiger partial charge in [0.15, 0.2) is 28.9 Å². The molecule has 0 aliphatic heterocycles. The summed E-state index contributed by atoms with van der Waals surface area (Å²) in [4.78, 5) is 69.0. The van der Waals surface area contributed by atoms with Crippen molar-refractivity contribution in [3.8, 4) is 11.5 Å². The van der Waals surface area contributed by atoms with Gasteiger partial charge in [-0.2, -0.15) is 16.8 Å². The van der Waals surface area contributed by atoms with Crippen LogP contribution in [0.4, 0.5) is 45.5 Å². The maximum Gasteiger partial charge on any atom is 0.296 e. The van der Waals surface area contributed by atoms with Crippen LogP contribution in [-0.2, 0) is 25.0 Å². The van der Waals surface area contributed by atoms with Gasteiger partial charge in [-0.25, -0.2) is 0 Å². The lowest BCUT2D eigenvalue weighted by molar-refractivity contribution is -0.111. The van der Waals surface area contributed by atoms with Gasteiger partial charge in [-0.05, 0) is 96.8 Å². The van der Waals surface area contributed by atoms with Crippen molar-refractivity contribution in [1.29, 1.82) is 0 Å². The number of azo groups is 2. The molecule has 19 nitrogen and oxygen atoms in total. The minimum atomic E-state index is -5.17. The first-order chi connectivity index (χ1) is 38.3. The quantitative estimate of drug-likeness (QED) is 0.0376. The van der Waals surface area contributed by atoms with Gasteiger partial charge in [0, 0.05) is 44.8 Å². The lowest BCUT2D eigenvalue weighted by Crippen LogP contribution is -2.23. The smallest absolute Gasteiger partial charge is 0.296 e. The van der Waals surface area contributed by atoms with Crippen molar-refractivity contribution in [2.75, 3.05) is 10.6 Å². The number of allylic oxidation sites excluding steroid dienone is 2. The molecule has 21 heteroatoms. The summed E-state index contributed by atoms with van der Waals surface area (Å²) in [5.41, 5.74) is -1.21. The Morgan fingerprint density at radius 1 is 0.400 bits per heavy atom. The third kappa shape index (κ3) is 9.68. The molecule has 80 heavy (non-hydrogen) atoms. The summed E-state index contributed by atoms with van der Waals surface area (Å²) in [7, 11) is -10.3. The van der Waals surface area contributed by atoms with E-state index in [1.165, 1.54) is 84.9 Å². The van der Waals surface area contributed by atoms with Gasteiger partial charge in [0.2, 0.25) is 0 Å². The number of ketones is 5. The Labute approximate surface area is 454 Å². The summed E-state index contributed by atoms with van der Waals surface area (Å²) in [6.07, 6.45) is 3.55. The van der Waals surface area contributed by atoms with E-state index in [1.54, 1.807) is 72.8 Å². The number of para-hydroxylation sites is 2. The number of anilines is 4. The number of phenolic OH excluding ortho intramolecular Hbond substituents is 2. The van der Waals surface area contributed by atoms with Crippen molar-refractivity contribution < 1.29 is 60.1 Å². The predicted molar refractivity (Wildman–Crippen MR) is 293 cm³/mol. The molecular weight excluding hydrogens is 1060 g/mol. The number of Topliss-reactive ketones (excluding diaryl/α,β-unsaturated/α-hetero) is 1. The molecule has 3 aliphatic rings. The molecule has 6 N–H and O–H groups in total. The monoisotopic (exact) mass is 1100 g/mol. The van der Waals surface area contributed by atoms with Crippen LogP contribution in [0.1, 0.15) is 87.7 Å². The molecule has 8 aromatic rings. The summed E-state index contributed by atoms with van der Waals surface area (Å²) >= 11 is 0. The number of rotatable bonds is 12. The van der Waals surface area contributed by atoms with E-state index in [0.29, 0.717) is 33.6 Å². The van der Waals surface area contributed by atoms with Crippen molar-refractivity contribution in [2.45, 2.75) is 22.6 Å². The predicted octanol–water partition coefficient (Wildman–Crippen LogP) is 12.3. The third-order valence-corrected chi connectivity index (χ3v) is 15.1. The van der Waals surface area contributed by atoms with Crippen molar-refractivity contribution in [3.05, 3.63) is 225 Å². The number of benzene rings is 8. The molecule has 8 aromatic carbocycles. The molecular formula is C59H38N6O13S2. The number of aromatic hydroxyl groups is 2. The fourth-order valence-electron chi connectivity index (χ4n) is 9.66. The number of hydrogen-bond donors (Lipinski definition) is 6. The van der Waals surface area contributed by atoms with Crippen LogP contribution in [-0.4, -0.2) is 65.1 Å². The van der Waals surface area contributed by atoms with Crippen LogP contribution >= 0.6 is 0 Å². The molecule has 0 spiro atoms. The fourth-order valence-corrected chi connectivity index (χ4v) is 11.0. The van der Waals surface area contributed by atoms with Crippen molar-refractivity contribution in [2.24, 2.45) is 20.5 Å². The number of hydrogen-bond acceptors (Lipinski definition) is 17. The highest BCUT2D eigenvalue weighted by molar-refractivity contribution is 7.86. The molecule has 11 rings (SSSR count). The van der Waals surface area contributed by atoms with Crippen LogP contribution in [0, 0.1) is 0 Å². The van der Waals surface area contributed by atoms with Gasteiger partial charge in [0.1, 0.15) is 44.0 Å². The first-order valence-corrected chi connectivity index (χ1v) is 27.1. The minimum Gasteiger partial charge on any atom is -0.506 e. The lowest BCUT2D eigenvalue weighted by atomic mass is 9.82. The molecule has 0 atom stereocenters. The van der Waals surface area contributed by atoms with E-state index < -0.39 is 87.2 Å². The topological polar surface area (TPSA) is 308 Å². The first-order valence-electron chi connectivity index (χ1n) is 24.2. The van der Waals surface area contributed by atoms with Gasteiger partial charge in [-0.3, -0.25) is 33.1 Å². The van der Waals surface area contributed by atoms with Gasteiger partial charge in [-0.1, -0.05) is 97.1 Å². The van der Waals surface area contributed by atoms with Crippen LogP contribution < -0.4 is 10.6 Å². The largest absolute Gasteiger partial charge is 0.506 e. The number of phenols is 2. The van der Waals surface area contributed by atoms with Crippen molar-refractivity contribution in [1.82, 2.24) is 0 Å². The van der Waals surface area contributed by atoms with Gasteiger partial charge < -0.3 is 20.8 Å². The highest BCUT2D eigenvalue weighted by Gasteiger charge is 2.40. The van der Waals surface area contributed by atoms with Gasteiger partial charge in [0.05, 0.1) is 33.6 Å². The first kappa shape index (κ1) is 51.9. The Kier molecular flexibility index (Phi) is 13.2. The molecule has 394 valence electrons. The Hall–Kier alpha value is -10.2. The molecule has 0 aromatic heterocycles. The zero-order valence-electron chi connectivity index (χ0n) is 41.1. The average molecular weight is 1100 g/mol. The SMILES string of the molecule is O=C1/C(=C/c2ccc(O)c(N=Nc3c(S(=O)(=O)O)cc(Nc4ccccc4)c4c3C(=O)c3ccccc3C4=O)c2)CC/C1=C\c1ccc(O)c(N=Nc2c(S(=O)(=O)O)cc(Nc3ccccc3)c3c2C(=O)c2ccccc2C3=O)c1. The summed E-state index contributed by atoms with van der Waals surface area (Å²) in [6.45, 7) is 0. The van der Waals surface area contributed by atoms with Crippen LogP contribution in [0.5, 0.6) is 11.5 Å². The second kappa shape index (κ2) is 20.3. The molecule has 0 heterocycles. The molecule has 1 saturated carbocycles. The van der Waals surface area contributed by atoms with E-state index in [0.717, 1.165) is 12.1 Å². The Balaban J connectivity index is 0.907. The van der Waals surface area contributed by atoms with Crippen LogP contribution in [0.25, 0.3) is 12.2 Å². The number of nitrogens with one attached hydrogen (secondary N) is 2. The van der Waals surface area contributed by atoms with E-state index in [9.17, 15) is 60.1 Å². The molecule has 1 fully saturated rings. The molecule has 0 saturated heterocycles. The zero-order chi connectivity index (χ0) is 56.2.